The molecule has 6 heteroatoms. The van der Waals surface area contributed by atoms with Crippen molar-refractivity contribution in [3.8, 4) is 0 Å². The van der Waals surface area contributed by atoms with Gasteiger partial charge in [0.05, 0.1) is 5.88 Å². The molecule has 1 aromatic heterocycles. The van der Waals surface area contributed by atoms with E-state index in [0.29, 0.717) is 16.6 Å². The second-order valence-electron chi connectivity index (χ2n) is 4.77. The molecule has 19 heavy (non-hydrogen) atoms. The summed E-state index contributed by atoms with van der Waals surface area (Å²) in [4.78, 5) is 0.887. The second-order valence-corrected chi connectivity index (χ2v) is 8.32. The van der Waals surface area contributed by atoms with Crippen LogP contribution in [-0.2, 0) is 15.9 Å². The van der Waals surface area contributed by atoms with Crippen LogP contribution < -0.4 is 0 Å². The van der Waals surface area contributed by atoms with E-state index in [0.717, 1.165) is 24.1 Å². The van der Waals surface area contributed by atoms with Crippen LogP contribution in [-0.4, -0.2) is 25.3 Å². The normalized spacial score (nSPS) is 12.5. The van der Waals surface area contributed by atoms with Gasteiger partial charge in [-0.2, -0.15) is 4.31 Å². The number of alkyl halides is 1. The van der Waals surface area contributed by atoms with Crippen LogP contribution in [0.5, 0.6) is 0 Å². The highest BCUT2D eigenvalue weighted by Gasteiger charge is 2.27. The van der Waals surface area contributed by atoms with E-state index >= 15 is 0 Å². The van der Waals surface area contributed by atoms with Gasteiger partial charge >= 0.3 is 0 Å². The maximum atomic E-state index is 12.6. The number of hydrogen-bond donors (Lipinski definition) is 0. The molecule has 0 aliphatic carbocycles. The highest BCUT2D eigenvalue weighted by molar-refractivity contribution is 7.91. The molecule has 1 aromatic rings. The molecule has 1 heterocycles. The molecule has 110 valence electrons. The fourth-order valence-electron chi connectivity index (χ4n) is 1.86. The van der Waals surface area contributed by atoms with Crippen molar-refractivity contribution in [2.75, 3.05) is 6.54 Å². The molecule has 0 N–H and O–H groups in total. The van der Waals surface area contributed by atoms with E-state index in [1.165, 1.54) is 11.3 Å². The first-order valence-corrected chi connectivity index (χ1v) is 9.39. The Morgan fingerprint density at radius 3 is 2.47 bits per heavy atom. The summed E-state index contributed by atoms with van der Waals surface area (Å²) in [6, 6.07) is 3.42. The molecule has 0 radical (unpaired) electrons. The Bertz CT molecular complexity index is 483. The molecular weight excluding hydrogens is 302 g/mol. The Morgan fingerprint density at radius 2 is 2.00 bits per heavy atom. The molecule has 0 spiro atoms. The Balaban J connectivity index is 2.92. The van der Waals surface area contributed by atoms with Crippen LogP contribution in [0.15, 0.2) is 16.3 Å². The van der Waals surface area contributed by atoms with E-state index < -0.39 is 10.0 Å². The molecule has 0 saturated heterocycles. The highest BCUT2D eigenvalue weighted by atomic mass is 35.5. The minimum Gasteiger partial charge on any atom is -0.206 e. The van der Waals surface area contributed by atoms with Crippen molar-refractivity contribution in [1.29, 1.82) is 0 Å². The van der Waals surface area contributed by atoms with Crippen LogP contribution >= 0.6 is 22.9 Å². The van der Waals surface area contributed by atoms with E-state index in [-0.39, 0.29) is 6.04 Å². The minimum absolute atomic E-state index is 0.0246. The quantitative estimate of drug-likeness (QED) is 0.534. The maximum absolute atomic E-state index is 12.6. The summed E-state index contributed by atoms with van der Waals surface area (Å²) in [6.45, 7) is 6.53. The van der Waals surface area contributed by atoms with E-state index in [1.54, 1.807) is 16.4 Å². The van der Waals surface area contributed by atoms with Gasteiger partial charge in [0.25, 0.3) is 10.0 Å². The summed E-state index contributed by atoms with van der Waals surface area (Å²) in [5.74, 6) is 0.359. The van der Waals surface area contributed by atoms with Crippen molar-refractivity contribution < 1.29 is 8.42 Å². The molecule has 1 rings (SSSR count). The molecule has 0 aliphatic rings. The largest absolute Gasteiger partial charge is 0.252 e. The van der Waals surface area contributed by atoms with Crippen molar-refractivity contribution in [3.05, 3.63) is 17.0 Å². The average Bonchev–Trinajstić information content (AvgIpc) is 2.83. The summed E-state index contributed by atoms with van der Waals surface area (Å²) in [5, 5.41) is 0. The van der Waals surface area contributed by atoms with Crippen molar-refractivity contribution >= 4 is 33.0 Å². The van der Waals surface area contributed by atoms with E-state index in [1.807, 2.05) is 13.8 Å². The third-order valence-corrected chi connectivity index (χ3v) is 6.96. The maximum Gasteiger partial charge on any atom is 0.252 e. The molecule has 0 aromatic carbocycles. The average molecular weight is 324 g/mol. The number of hydrogen-bond acceptors (Lipinski definition) is 3. The lowest BCUT2D eigenvalue weighted by Gasteiger charge is -2.25. The molecule has 0 atom stereocenters. The van der Waals surface area contributed by atoms with Crippen molar-refractivity contribution in [1.82, 2.24) is 4.31 Å². The number of thiophene rings is 1. The summed E-state index contributed by atoms with van der Waals surface area (Å²) >= 11 is 7.00. The number of unbranched alkanes of at least 4 members (excludes halogenated alkanes) is 2. The first kappa shape index (κ1) is 17.0. The minimum atomic E-state index is -3.38. The molecule has 0 bridgehead atoms. The van der Waals surface area contributed by atoms with Crippen LogP contribution in [0.4, 0.5) is 0 Å². The van der Waals surface area contributed by atoms with Crippen molar-refractivity contribution in [2.24, 2.45) is 0 Å². The van der Waals surface area contributed by atoms with Gasteiger partial charge in [-0.3, -0.25) is 0 Å². The molecule has 3 nitrogen and oxygen atoms in total. The number of nitrogens with zero attached hydrogens (tertiary/aromatic N) is 1. The zero-order valence-corrected chi connectivity index (χ0v) is 14.1. The van der Waals surface area contributed by atoms with Gasteiger partial charge in [-0.1, -0.05) is 19.8 Å². The predicted molar refractivity (Wildman–Crippen MR) is 82.4 cm³/mol. The topological polar surface area (TPSA) is 37.4 Å². The lowest BCUT2D eigenvalue weighted by Crippen LogP contribution is -2.37. The Labute approximate surface area is 125 Å². The van der Waals surface area contributed by atoms with E-state index in [4.69, 9.17) is 11.6 Å². The summed E-state index contributed by atoms with van der Waals surface area (Å²) < 4.78 is 27.2. The monoisotopic (exact) mass is 323 g/mol. The predicted octanol–water partition coefficient (Wildman–Crippen LogP) is 4.08. The van der Waals surface area contributed by atoms with Crippen molar-refractivity contribution in [3.63, 3.8) is 0 Å². The molecular formula is C13H22ClNO2S2. The Hall–Kier alpha value is -0.100. The standard InChI is InChI=1S/C13H22ClNO2S2/c1-4-5-6-9-15(11(2)3)19(16,17)13-8-7-12(10-14)18-13/h7-8,11H,4-6,9-10H2,1-3H3. The smallest absolute Gasteiger partial charge is 0.206 e. The van der Waals surface area contributed by atoms with Gasteiger partial charge in [0.2, 0.25) is 0 Å². The number of sulfonamides is 1. The third-order valence-electron chi connectivity index (χ3n) is 2.89. The van der Waals surface area contributed by atoms with Gasteiger partial charge < -0.3 is 0 Å². The summed E-state index contributed by atoms with van der Waals surface area (Å²) in [7, 11) is -3.38. The van der Waals surface area contributed by atoms with Crippen LogP contribution in [0.2, 0.25) is 0 Å². The van der Waals surface area contributed by atoms with Gasteiger partial charge in [-0.25, -0.2) is 8.42 Å². The summed E-state index contributed by atoms with van der Waals surface area (Å²) in [5.41, 5.74) is 0. The van der Waals surface area contributed by atoms with Crippen LogP contribution in [0.3, 0.4) is 0 Å². The fraction of sp³-hybridized carbons (Fsp3) is 0.692. The van der Waals surface area contributed by atoms with Gasteiger partial charge in [-0.15, -0.1) is 22.9 Å². The molecule has 0 amide bonds. The van der Waals surface area contributed by atoms with Gasteiger partial charge in [-0.05, 0) is 32.4 Å². The lowest BCUT2D eigenvalue weighted by molar-refractivity contribution is 0.346. The second kappa shape index (κ2) is 7.62. The number of rotatable bonds is 8. The van der Waals surface area contributed by atoms with Crippen LogP contribution in [0, 0.1) is 0 Å². The third kappa shape index (κ3) is 4.45. The van der Waals surface area contributed by atoms with Crippen molar-refractivity contribution in [2.45, 2.75) is 56.2 Å². The Morgan fingerprint density at radius 1 is 1.32 bits per heavy atom. The van der Waals surface area contributed by atoms with E-state index in [9.17, 15) is 8.42 Å². The van der Waals surface area contributed by atoms with Gasteiger partial charge in [0.15, 0.2) is 0 Å². The number of halogens is 1. The van der Waals surface area contributed by atoms with Gasteiger partial charge in [0, 0.05) is 17.5 Å². The highest BCUT2D eigenvalue weighted by Crippen LogP contribution is 2.27. The molecule has 0 unspecified atom stereocenters. The molecule has 0 aliphatic heterocycles. The van der Waals surface area contributed by atoms with Crippen LogP contribution in [0.1, 0.15) is 44.9 Å². The fourth-order valence-corrected chi connectivity index (χ4v) is 5.12. The lowest BCUT2D eigenvalue weighted by atomic mass is 10.2. The first-order valence-electron chi connectivity index (χ1n) is 6.60. The van der Waals surface area contributed by atoms with Gasteiger partial charge in [0.1, 0.15) is 4.21 Å². The first-order chi connectivity index (χ1) is 8.93. The molecule has 0 saturated carbocycles. The zero-order valence-electron chi connectivity index (χ0n) is 11.7. The summed E-state index contributed by atoms with van der Waals surface area (Å²) in [6.07, 6.45) is 3.04. The zero-order chi connectivity index (χ0) is 14.5. The molecule has 0 fully saturated rings. The SMILES string of the molecule is CCCCCN(C(C)C)S(=O)(=O)c1ccc(CCl)s1. The Kier molecular flexibility index (Phi) is 6.80. The van der Waals surface area contributed by atoms with Crippen LogP contribution in [0.25, 0.3) is 0 Å². The van der Waals surface area contributed by atoms with E-state index in [2.05, 4.69) is 6.92 Å².